The van der Waals surface area contributed by atoms with Gasteiger partial charge in [-0.05, 0) is 12.3 Å². The highest BCUT2D eigenvalue weighted by molar-refractivity contribution is 4.81. The van der Waals surface area contributed by atoms with Crippen molar-refractivity contribution in [3.63, 3.8) is 0 Å². The van der Waals surface area contributed by atoms with E-state index in [4.69, 9.17) is 0 Å². The van der Waals surface area contributed by atoms with Gasteiger partial charge < -0.3 is 5.32 Å². The molecule has 4 nitrogen and oxygen atoms in total. The van der Waals surface area contributed by atoms with E-state index in [1.54, 1.807) is 0 Å². The number of nitrogens with zero attached hydrogens (tertiary/aromatic N) is 3. The number of nitrogens with one attached hydrogen (secondary N) is 1. The normalized spacial score (nSPS) is 11.6. The largest absolute Gasteiger partial charge is 0.308 e. The molecule has 0 radical (unpaired) electrons. The summed E-state index contributed by atoms with van der Waals surface area (Å²) in [6.45, 7) is 10.4. The highest BCUT2D eigenvalue weighted by Gasteiger charge is 2.02. The number of rotatable bonds is 6. The van der Waals surface area contributed by atoms with Crippen LogP contribution in [0.3, 0.4) is 0 Å². The summed E-state index contributed by atoms with van der Waals surface area (Å²) in [5.41, 5.74) is 0. The fraction of sp³-hybridized carbons (Fsp3) is 0.818. The Labute approximate surface area is 92.1 Å². The van der Waals surface area contributed by atoms with E-state index < -0.39 is 0 Å². The van der Waals surface area contributed by atoms with Crippen LogP contribution in [0.1, 0.15) is 39.9 Å². The van der Waals surface area contributed by atoms with Crippen LogP contribution in [0.25, 0.3) is 0 Å². The van der Waals surface area contributed by atoms with E-state index in [0.717, 1.165) is 25.3 Å². The number of aromatic nitrogens is 3. The lowest BCUT2D eigenvalue weighted by molar-refractivity contribution is 0.481. The van der Waals surface area contributed by atoms with Gasteiger partial charge >= 0.3 is 0 Å². The van der Waals surface area contributed by atoms with Gasteiger partial charge in [0.05, 0.1) is 6.54 Å². The van der Waals surface area contributed by atoms with Gasteiger partial charge in [0.1, 0.15) is 6.33 Å². The van der Waals surface area contributed by atoms with Crippen LogP contribution < -0.4 is 5.32 Å². The zero-order valence-corrected chi connectivity index (χ0v) is 10.2. The second-order valence-corrected chi connectivity index (χ2v) is 4.64. The highest BCUT2D eigenvalue weighted by Crippen LogP contribution is 2.01. The van der Waals surface area contributed by atoms with Crippen LogP contribution in [0.4, 0.5) is 0 Å². The molecule has 0 aliphatic heterocycles. The standard InChI is InChI=1S/C11H22N4/c1-9(2)5-6-15-8-13-11(14-15)7-12-10(3)4/h8-10,12H,5-7H2,1-4H3. The molecule has 1 N–H and O–H groups in total. The smallest absolute Gasteiger partial charge is 0.164 e. The lowest BCUT2D eigenvalue weighted by atomic mass is 10.1. The molecule has 1 aromatic heterocycles. The van der Waals surface area contributed by atoms with Crippen molar-refractivity contribution >= 4 is 0 Å². The van der Waals surface area contributed by atoms with Crippen molar-refractivity contribution in [2.45, 2.75) is 53.2 Å². The van der Waals surface area contributed by atoms with Crippen LogP contribution in [-0.4, -0.2) is 20.8 Å². The fourth-order valence-corrected chi connectivity index (χ4v) is 1.21. The molecule has 4 heteroatoms. The van der Waals surface area contributed by atoms with Crippen molar-refractivity contribution in [3.8, 4) is 0 Å². The zero-order chi connectivity index (χ0) is 11.3. The summed E-state index contributed by atoms with van der Waals surface area (Å²) in [7, 11) is 0. The third kappa shape index (κ3) is 4.93. The average molecular weight is 210 g/mol. The summed E-state index contributed by atoms with van der Waals surface area (Å²) in [5.74, 6) is 1.60. The van der Waals surface area contributed by atoms with Crippen LogP contribution in [0.2, 0.25) is 0 Å². The van der Waals surface area contributed by atoms with E-state index in [9.17, 15) is 0 Å². The number of aryl methyl sites for hydroxylation is 1. The van der Waals surface area contributed by atoms with Crippen molar-refractivity contribution in [2.75, 3.05) is 0 Å². The molecule has 0 unspecified atom stereocenters. The maximum Gasteiger partial charge on any atom is 0.164 e. The molecule has 1 rings (SSSR count). The molecule has 0 saturated carbocycles. The molecule has 0 spiro atoms. The molecule has 86 valence electrons. The minimum Gasteiger partial charge on any atom is -0.308 e. The van der Waals surface area contributed by atoms with Gasteiger partial charge in [0.15, 0.2) is 5.82 Å². The summed E-state index contributed by atoms with van der Waals surface area (Å²) >= 11 is 0. The summed E-state index contributed by atoms with van der Waals surface area (Å²) in [4.78, 5) is 4.26. The van der Waals surface area contributed by atoms with Gasteiger partial charge in [0, 0.05) is 12.6 Å². The first-order valence-corrected chi connectivity index (χ1v) is 5.69. The minimum atomic E-state index is 0.479. The summed E-state index contributed by atoms with van der Waals surface area (Å²) in [6, 6.07) is 0.479. The van der Waals surface area contributed by atoms with Gasteiger partial charge in [0.2, 0.25) is 0 Å². The number of hydrogen-bond acceptors (Lipinski definition) is 3. The third-order valence-electron chi connectivity index (χ3n) is 2.19. The Hall–Kier alpha value is -0.900. The van der Waals surface area contributed by atoms with E-state index in [2.05, 4.69) is 43.1 Å². The summed E-state index contributed by atoms with van der Waals surface area (Å²) in [6.07, 6.45) is 2.97. The van der Waals surface area contributed by atoms with Crippen LogP contribution >= 0.6 is 0 Å². The Balaban J connectivity index is 2.35. The first-order chi connectivity index (χ1) is 7.08. The van der Waals surface area contributed by atoms with Crippen molar-refractivity contribution < 1.29 is 0 Å². The lowest BCUT2D eigenvalue weighted by Crippen LogP contribution is -2.22. The SMILES string of the molecule is CC(C)CCn1cnc(CNC(C)C)n1. The second kappa shape index (κ2) is 5.85. The molecule has 15 heavy (non-hydrogen) atoms. The molecule has 0 saturated heterocycles. The topological polar surface area (TPSA) is 42.7 Å². The molecular formula is C11H22N4. The highest BCUT2D eigenvalue weighted by atomic mass is 15.3. The van der Waals surface area contributed by atoms with E-state index in [1.807, 2.05) is 11.0 Å². The lowest BCUT2D eigenvalue weighted by Gasteiger charge is -2.05. The van der Waals surface area contributed by atoms with E-state index in [0.29, 0.717) is 12.0 Å². The van der Waals surface area contributed by atoms with Crippen LogP contribution in [0, 0.1) is 5.92 Å². The Morgan fingerprint density at radius 3 is 2.67 bits per heavy atom. The maximum atomic E-state index is 4.40. The average Bonchev–Trinajstić information content (AvgIpc) is 2.59. The molecular weight excluding hydrogens is 188 g/mol. The van der Waals surface area contributed by atoms with Gasteiger partial charge in [-0.3, -0.25) is 4.68 Å². The predicted molar refractivity (Wildman–Crippen MR) is 61.5 cm³/mol. The summed E-state index contributed by atoms with van der Waals surface area (Å²) < 4.78 is 1.93. The first kappa shape index (κ1) is 12.2. The molecule has 0 aromatic carbocycles. The summed E-state index contributed by atoms with van der Waals surface area (Å²) in [5, 5.41) is 7.70. The Morgan fingerprint density at radius 1 is 1.33 bits per heavy atom. The molecule has 1 aromatic rings. The van der Waals surface area contributed by atoms with Crippen LogP contribution in [-0.2, 0) is 13.1 Å². The van der Waals surface area contributed by atoms with E-state index >= 15 is 0 Å². The second-order valence-electron chi connectivity index (χ2n) is 4.64. The Bertz CT molecular complexity index is 251. The van der Waals surface area contributed by atoms with Gasteiger partial charge in [-0.15, -0.1) is 0 Å². The molecule has 0 aliphatic carbocycles. The quantitative estimate of drug-likeness (QED) is 0.779. The maximum absolute atomic E-state index is 4.40. The van der Waals surface area contributed by atoms with E-state index in [1.165, 1.54) is 0 Å². The van der Waals surface area contributed by atoms with Crippen molar-refractivity contribution in [2.24, 2.45) is 5.92 Å². The molecule has 0 amide bonds. The van der Waals surface area contributed by atoms with Gasteiger partial charge in [-0.25, -0.2) is 4.98 Å². The molecule has 0 bridgehead atoms. The van der Waals surface area contributed by atoms with Crippen molar-refractivity contribution in [1.29, 1.82) is 0 Å². The van der Waals surface area contributed by atoms with Crippen molar-refractivity contribution in [3.05, 3.63) is 12.2 Å². The number of hydrogen-bond donors (Lipinski definition) is 1. The monoisotopic (exact) mass is 210 g/mol. The third-order valence-corrected chi connectivity index (χ3v) is 2.19. The molecule has 1 heterocycles. The van der Waals surface area contributed by atoms with E-state index in [-0.39, 0.29) is 0 Å². The zero-order valence-electron chi connectivity index (χ0n) is 10.2. The van der Waals surface area contributed by atoms with Crippen molar-refractivity contribution in [1.82, 2.24) is 20.1 Å². The minimum absolute atomic E-state index is 0.479. The Kier molecular flexibility index (Phi) is 4.75. The van der Waals surface area contributed by atoms with Crippen LogP contribution in [0.15, 0.2) is 6.33 Å². The Morgan fingerprint density at radius 2 is 2.07 bits per heavy atom. The van der Waals surface area contributed by atoms with Crippen LogP contribution in [0.5, 0.6) is 0 Å². The van der Waals surface area contributed by atoms with Gasteiger partial charge in [0.25, 0.3) is 0 Å². The first-order valence-electron chi connectivity index (χ1n) is 5.69. The fourth-order valence-electron chi connectivity index (χ4n) is 1.21. The molecule has 0 fully saturated rings. The van der Waals surface area contributed by atoms with Gasteiger partial charge in [-0.1, -0.05) is 27.7 Å². The molecule has 0 atom stereocenters. The predicted octanol–water partition coefficient (Wildman–Crippen LogP) is 1.82. The van der Waals surface area contributed by atoms with Gasteiger partial charge in [-0.2, -0.15) is 5.10 Å². The molecule has 0 aliphatic rings.